The topological polar surface area (TPSA) is 63.1 Å². The number of carboxylic acid groups (broad SMARTS) is 1. The minimum atomic E-state index is -1.08. The van der Waals surface area contributed by atoms with Crippen molar-refractivity contribution in [3.8, 4) is 0 Å². The molecule has 0 bridgehead atoms. The van der Waals surface area contributed by atoms with Crippen LogP contribution in [0.1, 0.15) is 16.1 Å². The molecule has 1 heterocycles. The molecule has 0 radical (unpaired) electrons. The number of nitrogens with zero attached hydrogens (tertiary/aromatic N) is 2. The van der Waals surface area contributed by atoms with Crippen LogP contribution in [0.2, 0.25) is 5.02 Å². The van der Waals surface area contributed by atoms with E-state index in [2.05, 4.69) is 9.97 Å². The Morgan fingerprint density at radius 1 is 1.28 bits per heavy atom. The molecule has 6 heteroatoms. The van der Waals surface area contributed by atoms with Crippen LogP contribution in [0.15, 0.2) is 41.7 Å². The molecule has 92 valence electrons. The van der Waals surface area contributed by atoms with Crippen molar-refractivity contribution in [2.24, 2.45) is 0 Å². The maximum atomic E-state index is 10.6. The summed E-state index contributed by atoms with van der Waals surface area (Å²) in [6, 6.07) is 7.56. The van der Waals surface area contributed by atoms with Crippen LogP contribution in [-0.4, -0.2) is 21.0 Å². The van der Waals surface area contributed by atoms with Crippen LogP contribution in [0, 0.1) is 0 Å². The van der Waals surface area contributed by atoms with Gasteiger partial charge in [-0.1, -0.05) is 29.8 Å². The van der Waals surface area contributed by atoms with Crippen LogP contribution < -0.4 is 0 Å². The zero-order valence-electron chi connectivity index (χ0n) is 9.21. The van der Waals surface area contributed by atoms with Crippen molar-refractivity contribution in [1.29, 1.82) is 0 Å². The minimum Gasteiger partial charge on any atom is -0.476 e. The third kappa shape index (κ3) is 3.21. The molecule has 2 rings (SSSR count). The molecule has 0 aliphatic heterocycles. The second kappa shape index (κ2) is 5.84. The van der Waals surface area contributed by atoms with E-state index >= 15 is 0 Å². The Kier molecular flexibility index (Phi) is 4.17. The molecular weight excluding hydrogens is 272 g/mol. The summed E-state index contributed by atoms with van der Waals surface area (Å²) in [5, 5.41) is 10.1. The standard InChI is InChI=1S/C12H9ClN2O2S/c13-9-4-2-1-3-8(9)7-18-11-6-14-10(5-15-11)12(16)17/h1-6H,7H2,(H,16,17). The van der Waals surface area contributed by atoms with Crippen LogP contribution in [0.5, 0.6) is 0 Å². The number of thioether (sulfide) groups is 1. The summed E-state index contributed by atoms with van der Waals surface area (Å²) >= 11 is 7.49. The van der Waals surface area contributed by atoms with Gasteiger partial charge in [-0.2, -0.15) is 0 Å². The van der Waals surface area contributed by atoms with Gasteiger partial charge in [-0.05, 0) is 11.6 Å². The van der Waals surface area contributed by atoms with Gasteiger partial charge in [0.05, 0.1) is 12.4 Å². The number of halogens is 1. The molecule has 0 unspecified atom stereocenters. The number of hydrogen-bond acceptors (Lipinski definition) is 4. The van der Waals surface area contributed by atoms with E-state index in [1.54, 1.807) is 0 Å². The molecule has 0 saturated heterocycles. The van der Waals surface area contributed by atoms with E-state index in [-0.39, 0.29) is 5.69 Å². The second-order valence-corrected chi connectivity index (χ2v) is 4.83. The molecule has 0 fully saturated rings. The summed E-state index contributed by atoms with van der Waals surface area (Å²) in [5.41, 5.74) is 0.949. The van der Waals surface area contributed by atoms with Crippen molar-refractivity contribution in [3.63, 3.8) is 0 Å². The van der Waals surface area contributed by atoms with Crippen molar-refractivity contribution >= 4 is 29.3 Å². The lowest BCUT2D eigenvalue weighted by Crippen LogP contribution is -2.00. The zero-order valence-corrected chi connectivity index (χ0v) is 10.8. The fourth-order valence-electron chi connectivity index (χ4n) is 1.27. The molecule has 1 aromatic carbocycles. The van der Waals surface area contributed by atoms with E-state index in [1.165, 1.54) is 24.2 Å². The van der Waals surface area contributed by atoms with Gasteiger partial charge in [0.2, 0.25) is 0 Å². The molecule has 1 aromatic heterocycles. The first-order valence-electron chi connectivity index (χ1n) is 5.08. The highest BCUT2D eigenvalue weighted by atomic mass is 35.5. The van der Waals surface area contributed by atoms with E-state index in [0.29, 0.717) is 15.8 Å². The monoisotopic (exact) mass is 280 g/mol. The Labute approximate surface area is 113 Å². The molecule has 0 spiro atoms. The van der Waals surface area contributed by atoms with Gasteiger partial charge in [0.25, 0.3) is 0 Å². The molecule has 0 saturated carbocycles. The first-order chi connectivity index (χ1) is 8.66. The number of aromatic nitrogens is 2. The fraction of sp³-hybridized carbons (Fsp3) is 0.0833. The van der Waals surface area contributed by atoms with Crippen molar-refractivity contribution in [2.45, 2.75) is 10.8 Å². The quantitative estimate of drug-likeness (QED) is 0.872. The Morgan fingerprint density at radius 3 is 2.67 bits per heavy atom. The molecule has 1 N–H and O–H groups in total. The van der Waals surface area contributed by atoms with Crippen LogP contribution in [0.3, 0.4) is 0 Å². The lowest BCUT2D eigenvalue weighted by molar-refractivity contribution is 0.0689. The number of carboxylic acids is 1. The zero-order chi connectivity index (χ0) is 13.0. The Bertz CT molecular complexity index is 560. The van der Waals surface area contributed by atoms with Gasteiger partial charge in [0.1, 0.15) is 5.03 Å². The summed E-state index contributed by atoms with van der Waals surface area (Å²) in [4.78, 5) is 18.4. The summed E-state index contributed by atoms with van der Waals surface area (Å²) in [6.07, 6.45) is 2.70. The first kappa shape index (κ1) is 12.9. The van der Waals surface area contributed by atoms with Gasteiger partial charge in [-0.15, -0.1) is 11.8 Å². The molecule has 4 nitrogen and oxygen atoms in total. The van der Waals surface area contributed by atoms with Gasteiger partial charge >= 0.3 is 5.97 Å². The van der Waals surface area contributed by atoms with Crippen molar-refractivity contribution in [2.75, 3.05) is 0 Å². The second-order valence-electron chi connectivity index (χ2n) is 3.43. The van der Waals surface area contributed by atoms with E-state index in [1.807, 2.05) is 24.3 Å². The minimum absolute atomic E-state index is 0.0582. The van der Waals surface area contributed by atoms with Crippen LogP contribution in [0.4, 0.5) is 0 Å². The fourth-order valence-corrected chi connectivity index (χ4v) is 2.36. The number of benzene rings is 1. The Balaban J connectivity index is 2.02. The van der Waals surface area contributed by atoms with Crippen LogP contribution in [-0.2, 0) is 5.75 Å². The Hall–Kier alpha value is -1.59. The van der Waals surface area contributed by atoms with Crippen LogP contribution >= 0.6 is 23.4 Å². The Morgan fingerprint density at radius 2 is 2.06 bits per heavy atom. The van der Waals surface area contributed by atoms with Gasteiger partial charge in [0.15, 0.2) is 5.69 Å². The first-order valence-corrected chi connectivity index (χ1v) is 6.44. The average Bonchev–Trinajstić information content (AvgIpc) is 2.38. The molecule has 0 aliphatic carbocycles. The average molecular weight is 281 g/mol. The van der Waals surface area contributed by atoms with Crippen LogP contribution in [0.25, 0.3) is 0 Å². The van der Waals surface area contributed by atoms with Crippen molar-refractivity contribution in [3.05, 3.63) is 52.9 Å². The molecule has 18 heavy (non-hydrogen) atoms. The van der Waals surface area contributed by atoms with Gasteiger partial charge in [-0.25, -0.2) is 14.8 Å². The lowest BCUT2D eigenvalue weighted by atomic mass is 10.2. The maximum absolute atomic E-state index is 10.6. The van der Waals surface area contributed by atoms with Gasteiger partial charge in [-0.3, -0.25) is 0 Å². The largest absolute Gasteiger partial charge is 0.476 e. The van der Waals surface area contributed by atoms with E-state index in [9.17, 15) is 4.79 Å². The highest BCUT2D eigenvalue weighted by Gasteiger charge is 2.06. The molecule has 0 atom stereocenters. The van der Waals surface area contributed by atoms with E-state index in [0.717, 1.165) is 5.56 Å². The smallest absolute Gasteiger partial charge is 0.356 e. The predicted octanol–water partition coefficient (Wildman–Crippen LogP) is 3.12. The molecule has 0 amide bonds. The predicted molar refractivity (Wildman–Crippen MR) is 70.0 cm³/mol. The van der Waals surface area contributed by atoms with E-state index < -0.39 is 5.97 Å². The summed E-state index contributed by atoms with van der Waals surface area (Å²) in [5.74, 6) is -0.411. The maximum Gasteiger partial charge on any atom is 0.356 e. The number of carbonyl (C=O) groups is 1. The number of rotatable bonds is 4. The van der Waals surface area contributed by atoms with Gasteiger partial charge < -0.3 is 5.11 Å². The SMILES string of the molecule is O=C(O)c1cnc(SCc2ccccc2Cl)cn1. The molecular formula is C12H9ClN2O2S. The number of hydrogen-bond donors (Lipinski definition) is 1. The molecule has 0 aliphatic rings. The lowest BCUT2D eigenvalue weighted by Gasteiger charge is -2.03. The van der Waals surface area contributed by atoms with E-state index in [4.69, 9.17) is 16.7 Å². The summed E-state index contributed by atoms with van der Waals surface area (Å²) < 4.78 is 0. The normalized spacial score (nSPS) is 10.3. The summed E-state index contributed by atoms with van der Waals surface area (Å²) in [6.45, 7) is 0. The third-order valence-corrected chi connectivity index (χ3v) is 3.51. The summed E-state index contributed by atoms with van der Waals surface area (Å²) in [7, 11) is 0. The third-order valence-electron chi connectivity index (χ3n) is 2.18. The molecule has 2 aromatic rings. The van der Waals surface area contributed by atoms with Gasteiger partial charge in [0, 0.05) is 10.8 Å². The highest BCUT2D eigenvalue weighted by molar-refractivity contribution is 7.98. The number of aromatic carboxylic acids is 1. The van der Waals surface area contributed by atoms with Crippen molar-refractivity contribution < 1.29 is 9.90 Å². The highest BCUT2D eigenvalue weighted by Crippen LogP contribution is 2.24. The van der Waals surface area contributed by atoms with Crippen molar-refractivity contribution in [1.82, 2.24) is 9.97 Å².